The zero-order valence-corrected chi connectivity index (χ0v) is 13.1. The van der Waals surface area contributed by atoms with Crippen molar-refractivity contribution in [3.05, 3.63) is 35.4 Å². The number of benzene rings is 1. The quantitative estimate of drug-likeness (QED) is 0.468. The Kier molecular flexibility index (Phi) is 7.11. The van der Waals surface area contributed by atoms with Crippen molar-refractivity contribution >= 4 is 29.9 Å². The van der Waals surface area contributed by atoms with Crippen molar-refractivity contribution in [1.82, 2.24) is 4.90 Å². The number of hydrogen-bond acceptors (Lipinski definition) is 3. The molecular weight excluding hydrogens is 357 g/mol. The normalized spacial score (nSPS) is 16.1. The van der Waals surface area contributed by atoms with Gasteiger partial charge in [-0.15, -0.1) is 24.0 Å². The minimum absolute atomic E-state index is 0. The third-order valence-corrected chi connectivity index (χ3v) is 3.04. The zero-order chi connectivity index (χ0) is 12.8. The fraction of sp³-hybridized carbons (Fsp3) is 0.462. The van der Waals surface area contributed by atoms with Crippen LogP contribution in [0.3, 0.4) is 0 Å². The molecule has 0 saturated carbocycles. The predicted molar refractivity (Wildman–Crippen MR) is 85.5 cm³/mol. The summed E-state index contributed by atoms with van der Waals surface area (Å²) >= 11 is 0. The molecule has 0 atom stereocenters. The first-order chi connectivity index (χ1) is 8.81. The number of aliphatic imine (C=N–C) groups is 1. The van der Waals surface area contributed by atoms with Gasteiger partial charge in [0.1, 0.15) is 0 Å². The number of morpholine rings is 1. The second-order valence-corrected chi connectivity index (χ2v) is 4.20. The number of aliphatic hydroxyl groups excluding tert-OH is 1. The number of halogens is 1. The van der Waals surface area contributed by atoms with E-state index in [1.807, 2.05) is 29.2 Å². The molecule has 1 aromatic rings. The predicted octanol–water partition coefficient (Wildman–Crippen LogP) is 0.944. The van der Waals surface area contributed by atoms with E-state index >= 15 is 0 Å². The van der Waals surface area contributed by atoms with Gasteiger partial charge in [-0.1, -0.05) is 24.3 Å². The molecule has 0 spiro atoms. The first kappa shape index (κ1) is 16.2. The number of rotatable bonds is 3. The molecule has 1 fully saturated rings. The highest BCUT2D eigenvalue weighted by Gasteiger charge is 2.12. The van der Waals surface area contributed by atoms with Crippen LogP contribution in [0.1, 0.15) is 11.1 Å². The lowest BCUT2D eigenvalue weighted by molar-refractivity contribution is 0.0674. The van der Waals surface area contributed by atoms with E-state index in [1.54, 1.807) is 0 Å². The number of guanidine groups is 1. The molecule has 0 aromatic heterocycles. The van der Waals surface area contributed by atoms with Gasteiger partial charge in [-0.2, -0.15) is 0 Å². The number of hydrogen-bond donors (Lipinski definition) is 2. The average molecular weight is 377 g/mol. The molecule has 0 amide bonds. The number of nitrogens with two attached hydrogens (primary N) is 1. The standard InChI is InChI=1S/C13H19N3O2.HI/c14-13(16-5-7-18-8-6-16)15-9-11-3-1-2-4-12(11)10-17;/h1-4,17H,5-10H2,(H2,14,15);1H. The van der Waals surface area contributed by atoms with Gasteiger partial charge in [0.15, 0.2) is 5.96 Å². The Morgan fingerprint density at radius 1 is 1.26 bits per heavy atom. The fourth-order valence-electron chi connectivity index (χ4n) is 1.92. The van der Waals surface area contributed by atoms with Crippen LogP contribution in [0.25, 0.3) is 0 Å². The van der Waals surface area contributed by atoms with Gasteiger partial charge < -0.3 is 20.5 Å². The Balaban J connectivity index is 0.00000180. The smallest absolute Gasteiger partial charge is 0.191 e. The summed E-state index contributed by atoms with van der Waals surface area (Å²) in [5.41, 5.74) is 7.86. The van der Waals surface area contributed by atoms with Crippen molar-refractivity contribution < 1.29 is 9.84 Å². The minimum atomic E-state index is 0. The van der Waals surface area contributed by atoms with Gasteiger partial charge in [-0.05, 0) is 11.1 Å². The van der Waals surface area contributed by atoms with Crippen molar-refractivity contribution in [1.29, 1.82) is 0 Å². The van der Waals surface area contributed by atoms with E-state index in [9.17, 15) is 5.11 Å². The molecule has 5 nitrogen and oxygen atoms in total. The van der Waals surface area contributed by atoms with E-state index in [2.05, 4.69) is 4.99 Å². The summed E-state index contributed by atoms with van der Waals surface area (Å²) in [7, 11) is 0. The maximum atomic E-state index is 9.23. The second kappa shape index (κ2) is 8.34. The molecular formula is C13H20IN3O2. The van der Waals surface area contributed by atoms with Crippen LogP contribution in [0, 0.1) is 0 Å². The van der Waals surface area contributed by atoms with Gasteiger partial charge in [0.25, 0.3) is 0 Å². The van der Waals surface area contributed by atoms with Crippen molar-refractivity contribution in [2.45, 2.75) is 13.2 Å². The molecule has 6 heteroatoms. The largest absolute Gasteiger partial charge is 0.392 e. The van der Waals surface area contributed by atoms with Crippen LogP contribution in [-0.2, 0) is 17.9 Å². The SMILES string of the molecule is I.NC(=NCc1ccccc1CO)N1CCOCC1. The molecule has 0 unspecified atom stereocenters. The van der Waals surface area contributed by atoms with E-state index in [-0.39, 0.29) is 30.6 Å². The molecule has 1 heterocycles. The maximum absolute atomic E-state index is 9.23. The Morgan fingerprint density at radius 3 is 2.53 bits per heavy atom. The molecule has 106 valence electrons. The Bertz CT molecular complexity index is 420. The van der Waals surface area contributed by atoms with Gasteiger partial charge in [0, 0.05) is 13.1 Å². The van der Waals surface area contributed by atoms with Crippen LogP contribution in [0.4, 0.5) is 0 Å². The van der Waals surface area contributed by atoms with Gasteiger partial charge in [0.2, 0.25) is 0 Å². The first-order valence-electron chi connectivity index (χ1n) is 6.11. The van der Waals surface area contributed by atoms with Gasteiger partial charge in [-0.3, -0.25) is 0 Å². The van der Waals surface area contributed by atoms with E-state index in [4.69, 9.17) is 10.5 Å². The molecule has 0 aliphatic carbocycles. The highest BCUT2D eigenvalue weighted by molar-refractivity contribution is 14.0. The Labute approximate surface area is 130 Å². The lowest BCUT2D eigenvalue weighted by atomic mass is 10.1. The zero-order valence-electron chi connectivity index (χ0n) is 10.8. The van der Waals surface area contributed by atoms with Crippen LogP contribution >= 0.6 is 24.0 Å². The molecule has 1 aromatic carbocycles. The van der Waals surface area contributed by atoms with Crippen LogP contribution in [0.2, 0.25) is 0 Å². The van der Waals surface area contributed by atoms with Crippen molar-refractivity contribution in [3.8, 4) is 0 Å². The monoisotopic (exact) mass is 377 g/mol. The molecule has 1 aliphatic heterocycles. The maximum Gasteiger partial charge on any atom is 0.191 e. The molecule has 1 saturated heterocycles. The van der Waals surface area contributed by atoms with Crippen molar-refractivity contribution in [2.75, 3.05) is 26.3 Å². The summed E-state index contributed by atoms with van der Waals surface area (Å²) in [4.78, 5) is 6.40. The summed E-state index contributed by atoms with van der Waals surface area (Å²) in [6.07, 6.45) is 0. The Hall–Kier alpha value is -0.860. The molecule has 2 rings (SSSR count). The topological polar surface area (TPSA) is 71.1 Å². The van der Waals surface area contributed by atoms with E-state index < -0.39 is 0 Å². The highest BCUT2D eigenvalue weighted by atomic mass is 127. The van der Waals surface area contributed by atoms with Crippen molar-refractivity contribution in [3.63, 3.8) is 0 Å². The minimum Gasteiger partial charge on any atom is -0.392 e. The summed E-state index contributed by atoms with van der Waals surface area (Å²) in [6.45, 7) is 3.50. The number of nitrogens with zero attached hydrogens (tertiary/aromatic N) is 2. The number of aliphatic hydroxyl groups is 1. The van der Waals surface area contributed by atoms with E-state index in [0.29, 0.717) is 25.7 Å². The van der Waals surface area contributed by atoms with Gasteiger partial charge in [-0.25, -0.2) is 4.99 Å². The Morgan fingerprint density at radius 2 is 1.89 bits per heavy atom. The van der Waals surface area contributed by atoms with Crippen LogP contribution in [0.15, 0.2) is 29.3 Å². The summed E-state index contributed by atoms with van der Waals surface area (Å²) < 4.78 is 5.26. The lowest BCUT2D eigenvalue weighted by Crippen LogP contribution is -2.44. The van der Waals surface area contributed by atoms with Crippen LogP contribution in [-0.4, -0.2) is 42.3 Å². The summed E-state index contributed by atoms with van der Waals surface area (Å²) in [5, 5.41) is 9.23. The molecule has 19 heavy (non-hydrogen) atoms. The second-order valence-electron chi connectivity index (χ2n) is 4.20. The lowest BCUT2D eigenvalue weighted by Gasteiger charge is -2.27. The highest BCUT2D eigenvalue weighted by Crippen LogP contribution is 2.10. The third kappa shape index (κ3) is 4.63. The summed E-state index contributed by atoms with van der Waals surface area (Å²) in [6, 6.07) is 7.70. The number of ether oxygens (including phenoxy) is 1. The summed E-state index contributed by atoms with van der Waals surface area (Å²) in [5.74, 6) is 0.547. The van der Waals surface area contributed by atoms with E-state index in [0.717, 1.165) is 24.2 Å². The molecule has 0 radical (unpaired) electrons. The first-order valence-corrected chi connectivity index (χ1v) is 6.11. The van der Waals surface area contributed by atoms with Crippen molar-refractivity contribution in [2.24, 2.45) is 10.7 Å². The van der Waals surface area contributed by atoms with Crippen LogP contribution in [0.5, 0.6) is 0 Å². The van der Waals surface area contributed by atoms with Gasteiger partial charge >= 0.3 is 0 Å². The van der Waals surface area contributed by atoms with Gasteiger partial charge in [0.05, 0.1) is 26.4 Å². The molecule has 0 bridgehead atoms. The van der Waals surface area contributed by atoms with Crippen LogP contribution < -0.4 is 5.73 Å². The third-order valence-electron chi connectivity index (χ3n) is 3.04. The average Bonchev–Trinajstić information content (AvgIpc) is 2.46. The van der Waals surface area contributed by atoms with E-state index in [1.165, 1.54) is 0 Å². The molecule has 3 N–H and O–H groups in total. The molecule has 1 aliphatic rings. The fourth-order valence-corrected chi connectivity index (χ4v) is 1.92.